The van der Waals surface area contributed by atoms with Crippen molar-refractivity contribution in [3.8, 4) is 0 Å². The van der Waals surface area contributed by atoms with Gasteiger partial charge in [-0.3, -0.25) is 18.7 Å². The van der Waals surface area contributed by atoms with Gasteiger partial charge in [-0.15, -0.1) is 0 Å². The van der Waals surface area contributed by atoms with Gasteiger partial charge in [0.15, 0.2) is 11.6 Å². The Kier molecular flexibility index (Phi) is 5.37. The van der Waals surface area contributed by atoms with Crippen LogP contribution in [0.15, 0.2) is 28.0 Å². The largest absolute Gasteiger partial charge is 0.397 e. The topological polar surface area (TPSA) is 221 Å². The fourth-order valence-corrected chi connectivity index (χ4v) is 6.06. The van der Waals surface area contributed by atoms with E-state index in [1.165, 1.54) is 0 Å². The first-order chi connectivity index (χ1) is 15.2. The lowest BCUT2D eigenvalue weighted by atomic mass is 9.73. The van der Waals surface area contributed by atoms with Gasteiger partial charge in [0.25, 0.3) is 20.2 Å². The second-order valence-electron chi connectivity index (χ2n) is 8.26. The van der Waals surface area contributed by atoms with E-state index in [1.807, 2.05) is 0 Å². The lowest BCUT2D eigenvalue weighted by molar-refractivity contribution is 0.0978. The molecular weight excluding hydrogens is 474 g/mol. The first-order valence-corrected chi connectivity index (χ1v) is 12.8. The Balaban J connectivity index is 2.09. The predicted molar refractivity (Wildman–Crippen MR) is 117 cm³/mol. The van der Waals surface area contributed by atoms with Gasteiger partial charge < -0.3 is 17.2 Å². The number of hydrogen-bond donors (Lipinski definition) is 5. The first-order valence-electron chi connectivity index (χ1n) is 9.92. The third kappa shape index (κ3) is 3.71. The summed E-state index contributed by atoms with van der Waals surface area (Å²) in [5.74, 6) is -2.12. The Morgan fingerprint density at radius 2 is 1.48 bits per heavy atom. The van der Waals surface area contributed by atoms with Crippen LogP contribution in [0, 0.1) is 0 Å². The molecule has 33 heavy (non-hydrogen) atoms. The van der Waals surface area contributed by atoms with Crippen molar-refractivity contribution < 1.29 is 35.5 Å². The van der Waals surface area contributed by atoms with Gasteiger partial charge in [0.05, 0.1) is 21.8 Å². The molecule has 0 bridgehead atoms. The summed E-state index contributed by atoms with van der Waals surface area (Å²) >= 11 is 0. The van der Waals surface area contributed by atoms with Crippen molar-refractivity contribution in [3.63, 3.8) is 0 Å². The summed E-state index contributed by atoms with van der Waals surface area (Å²) in [4.78, 5) is 25.4. The highest BCUT2D eigenvalue weighted by molar-refractivity contribution is 7.86. The first kappa shape index (κ1) is 23.3. The van der Waals surface area contributed by atoms with Crippen LogP contribution in [-0.4, -0.2) is 43.5 Å². The molecule has 13 heteroatoms. The molecule has 2 aliphatic carbocycles. The molecule has 11 nitrogen and oxygen atoms in total. The number of anilines is 2. The molecule has 0 amide bonds. The number of hydrogen-bond acceptors (Lipinski definition) is 9. The quantitative estimate of drug-likeness (QED) is 0.256. The van der Waals surface area contributed by atoms with Crippen molar-refractivity contribution in [2.75, 3.05) is 11.5 Å². The molecule has 0 spiro atoms. The second kappa shape index (κ2) is 7.60. The van der Waals surface area contributed by atoms with Crippen LogP contribution in [-0.2, 0) is 20.2 Å². The van der Waals surface area contributed by atoms with Gasteiger partial charge in [-0.1, -0.05) is 6.42 Å². The number of nitrogens with two attached hydrogens (primary N) is 3. The van der Waals surface area contributed by atoms with E-state index in [0.29, 0.717) is 25.7 Å². The zero-order valence-electron chi connectivity index (χ0n) is 17.1. The number of fused-ring (bicyclic) bond motifs is 2. The fourth-order valence-electron chi connectivity index (χ4n) is 4.79. The third-order valence-electron chi connectivity index (χ3n) is 6.18. The lowest BCUT2D eigenvalue weighted by Crippen LogP contribution is -2.31. The summed E-state index contributed by atoms with van der Waals surface area (Å²) in [7, 11) is -9.70. The zero-order chi connectivity index (χ0) is 24.5. The molecule has 2 aromatic carbocycles. The molecule has 1 fully saturated rings. The normalized spacial score (nSPS) is 20.9. The summed E-state index contributed by atoms with van der Waals surface area (Å²) < 4.78 is 66.5. The molecule has 2 aromatic rings. The average Bonchev–Trinajstić information content (AvgIpc) is 2.69. The molecule has 0 aromatic heterocycles. The smallest absolute Gasteiger partial charge is 0.298 e. The van der Waals surface area contributed by atoms with E-state index in [0.717, 1.165) is 18.2 Å². The molecule has 1 saturated carbocycles. The van der Waals surface area contributed by atoms with Gasteiger partial charge in [0, 0.05) is 22.7 Å². The molecular formula is C20H21N3O8S2. The number of carbonyl (C=O) groups is 2. The minimum absolute atomic E-state index is 0.0739. The lowest BCUT2D eigenvalue weighted by Gasteiger charge is -2.32. The standard InChI is InChI=1S/C20H21N3O8S2/c21-9-3-1-2-8(6-9)13-14-15(17(23)20(16(13)22)33(29,30)31)19(25)12-7-10(32(26,27)28)4-5-11(12)18(14)24/h4-5,7-9H,1-3,6,21-23H2,(H,26,27,28)(H,29,30,31). The maximum atomic E-state index is 13.5. The number of ketones is 2. The van der Waals surface area contributed by atoms with E-state index in [-0.39, 0.29) is 28.3 Å². The number of rotatable bonds is 3. The Hall–Kier alpha value is -2.84. The van der Waals surface area contributed by atoms with Crippen LogP contribution in [0.4, 0.5) is 11.4 Å². The zero-order valence-corrected chi connectivity index (χ0v) is 18.7. The van der Waals surface area contributed by atoms with E-state index in [2.05, 4.69) is 0 Å². The van der Waals surface area contributed by atoms with E-state index in [9.17, 15) is 35.5 Å². The van der Waals surface area contributed by atoms with Crippen LogP contribution >= 0.6 is 0 Å². The molecule has 2 atom stereocenters. The van der Waals surface area contributed by atoms with Gasteiger partial charge >= 0.3 is 0 Å². The Labute approximate surface area is 189 Å². The molecule has 4 rings (SSSR count). The van der Waals surface area contributed by atoms with E-state index < -0.39 is 64.4 Å². The molecule has 8 N–H and O–H groups in total. The third-order valence-corrected chi connectivity index (χ3v) is 7.99. The summed E-state index contributed by atoms with van der Waals surface area (Å²) in [6.07, 6.45) is 2.26. The number of benzene rings is 2. The highest BCUT2D eigenvalue weighted by Crippen LogP contribution is 2.47. The van der Waals surface area contributed by atoms with Crippen LogP contribution < -0.4 is 17.2 Å². The van der Waals surface area contributed by atoms with Crippen molar-refractivity contribution in [3.05, 3.63) is 46.0 Å². The van der Waals surface area contributed by atoms with Crippen LogP contribution in [0.25, 0.3) is 0 Å². The Bertz CT molecular complexity index is 1450. The minimum Gasteiger partial charge on any atom is -0.397 e. The molecule has 0 radical (unpaired) electrons. The van der Waals surface area contributed by atoms with Gasteiger partial charge in [-0.25, -0.2) is 0 Å². The molecule has 2 unspecified atom stereocenters. The van der Waals surface area contributed by atoms with Crippen molar-refractivity contribution in [2.24, 2.45) is 5.73 Å². The minimum atomic E-state index is -5.00. The second-order valence-corrected chi connectivity index (χ2v) is 11.0. The SMILES string of the molecule is Nc1c2c(c(C3CCCC(N)C3)c(N)c1S(=O)(=O)O)C(=O)c1ccc(S(=O)(=O)O)cc1C2=O. The number of nitrogen functional groups attached to an aromatic ring is 2. The molecule has 0 heterocycles. The van der Waals surface area contributed by atoms with Crippen LogP contribution in [0.3, 0.4) is 0 Å². The Morgan fingerprint density at radius 3 is 2.06 bits per heavy atom. The fraction of sp³-hybridized carbons (Fsp3) is 0.300. The molecule has 176 valence electrons. The highest BCUT2D eigenvalue weighted by atomic mass is 32.2. The highest BCUT2D eigenvalue weighted by Gasteiger charge is 2.41. The van der Waals surface area contributed by atoms with Crippen molar-refractivity contribution in [2.45, 2.75) is 47.4 Å². The predicted octanol–water partition coefficient (Wildman–Crippen LogP) is 1.10. The van der Waals surface area contributed by atoms with Crippen molar-refractivity contribution in [1.29, 1.82) is 0 Å². The van der Waals surface area contributed by atoms with Crippen molar-refractivity contribution >= 4 is 43.2 Å². The van der Waals surface area contributed by atoms with E-state index >= 15 is 0 Å². The summed E-state index contributed by atoms with van der Waals surface area (Å²) in [6, 6.07) is 2.62. The van der Waals surface area contributed by atoms with Crippen LogP contribution in [0.1, 0.15) is 69.0 Å². The van der Waals surface area contributed by atoms with Gasteiger partial charge in [-0.05, 0) is 48.9 Å². The average molecular weight is 496 g/mol. The van der Waals surface area contributed by atoms with E-state index in [4.69, 9.17) is 17.2 Å². The maximum Gasteiger partial charge on any atom is 0.298 e. The maximum absolute atomic E-state index is 13.5. The molecule has 0 aliphatic heterocycles. The summed E-state index contributed by atoms with van der Waals surface area (Å²) in [5.41, 5.74) is 15.9. The molecule has 0 saturated heterocycles. The van der Waals surface area contributed by atoms with Gasteiger partial charge in [0.2, 0.25) is 0 Å². The summed E-state index contributed by atoms with van der Waals surface area (Å²) in [6.45, 7) is 0. The van der Waals surface area contributed by atoms with Crippen LogP contribution in [0.5, 0.6) is 0 Å². The van der Waals surface area contributed by atoms with Crippen LogP contribution in [0.2, 0.25) is 0 Å². The van der Waals surface area contributed by atoms with Gasteiger partial charge in [-0.2, -0.15) is 16.8 Å². The monoisotopic (exact) mass is 495 g/mol. The van der Waals surface area contributed by atoms with Crippen molar-refractivity contribution in [1.82, 2.24) is 0 Å². The number of carbonyl (C=O) groups excluding carboxylic acids is 2. The van der Waals surface area contributed by atoms with E-state index in [1.54, 1.807) is 0 Å². The summed E-state index contributed by atoms with van der Waals surface area (Å²) in [5, 5.41) is 0. The molecule has 2 aliphatic rings. The Morgan fingerprint density at radius 1 is 0.848 bits per heavy atom. The van der Waals surface area contributed by atoms with Gasteiger partial charge in [0.1, 0.15) is 4.90 Å².